The van der Waals surface area contributed by atoms with E-state index < -0.39 is 10.0 Å². The summed E-state index contributed by atoms with van der Waals surface area (Å²) in [5.41, 5.74) is 0.479. The summed E-state index contributed by atoms with van der Waals surface area (Å²) >= 11 is 5.69. The van der Waals surface area contributed by atoms with Crippen molar-refractivity contribution in [3.63, 3.8) is 0 Å². The van der Waals surface area contributed by atoms with Crippen LogP contribution in [0.4, 0.5) is 5.69 Å². The van der Waals surface area contributed by atoms with Gasteiger partial charge in [0.1, 0.15) is 5.15 Å². The minimum absolute atomic E-state index is 0.264. The van der Waals surface area contributed by atoms with Gasteiger partial charge in [0.2, 0.25) is 10.0 Å². The molecule has 1 saturated carbocycles. The number of hydrogen-bond acceptors (Lipinski definition) is 3. The molecule has 6 heteroatoms. The van der Waals surface area contributed by atoms with Gasteiger partial charge in [0.15, 0.2) is 0 Å². The van der Waals surface area contributed by atoms with Gasteiger partial charge in [0.05, 0.1) is 10.9 Å². The van der Waals surface area contributed by atoms with E-state index in [-0.39, 0.29) is 10.4 Å². The highest BCUT2D eigenvalue weighted by atomic mass is 35.5. The van der Waals surface area contributed by atoms with Crippen LogP contribution in [0.2, 0.25) is 5.15 Å². The lowest BCUT2D eigenvalue weighted by molar-refractivity contribution is 0.585. The molecule has 0 amide bonds. The van der Waals surface area contributed by atoms with Crippen LogP contribution in [0, 0.1) is 0 Å². The summed E-state index contributed by atoms with van der Waals surface area (Å²) < 4.78 is 26.4. The Bertz CT molecular complexity index is 469. The number of nitrogens with zero attached hydrogens (tertiary/aromatic N) is 1. The van der Waals surface area contributed by atoms with E-state index in [9.17, 15) is 8.42 Å². The summed E-state index contributed by atoms with van der Waals surface area (Å²) in [6.07, 6.45) is 4.95. The van der Waals surface area contributed by atoms with E-state index in [0.717, 1.165) is 25.7 Å². The van der Waals surface area contributed by atoms with E-state index in [1.54, 1.807) is 6.07 Å². The van der Waals surface area contributed by atoms with Crippen LogP contribution in [0.3, 0.4) is 0 Å². The molecule has 0 bridgehead atoms. The molecule has 16 heavy (non-hydrogen) atoms. The van der Waals surface area contributed by atoms with E-state index >= 15 is 0 Å². The van der Waals surface area contributed by atoms with Gasteiger partial charge in [-0.2, -0.15) is 0 Å². The maximum Gasteiger partial charge on any atom is 0.235 e. The molecular formula is C10H13ClN2O2S. The average Bonchev–Trinajstić information content (AvgIpc) is 2.69. The predicted octanol–water partition coefficient (Wildman–Crippen LogP) is 2.42. The molecule has 0 aromatic carbocycles. The van der Waals surface area contributed by atoms with Crippen molar-refractivity contribution in [2.75, 3.05) is 4.72 Å². The normalized spacial score (nSPS) is 17.6. The molecule has 0 atom stereocenters. The number of nitrogens with one attached hydrogen (secondary N) is 1. The first-order valence-corrected chi connectivity index (χ1v) is 7.13. The molecule has 0 unspecified atom stereocenters. The average molecular weight is 261 g/mol. The van der Waals surface area contributed by atoms with Crippen LogP contribution >= 0.6 is 11.6 Å². The lowest BCUT2D eigenvalue weighted by atomic mass is 10.4. The molecule has 88 valence electrons. The standard InChI is InChI=1S/C10H13ClN2O2S/c11-10-7-8(5-6-12-10)13-16(14,15)9-3-1-2-4-9/h5-7,9H,1-4H2,(H,12,13). The van der Waals surface area contributed by atoms with Crippen LogP contribution < -0.4 is 4.72 Å². The van der Waals surface area contributed by atoms with Gasteiger partial charge in [0.25, 0.3) is 0 Å². The number of pyridine rings is 1. The first kappa shape index (κ1) is 11.7. The van der Waals surface area contributed by atoms with E-state index in [4.69, 9.17) is 11.6 Å². The molecule has 2 rings (SSSR count). The summed E-state index contributed by atoms with van der Waals surface area (Å²) in [7, 11) is -3.27. The topological polar surface area (TPSA) is 59.1 Å². The Hall–Kier alpha value is -0.810. The highest BCUT2D eigenvalue weighted by Crippen LogP contribution is 2.26. The number of anilines is 1. The van der Waals surface area contributed by atoms with Crippen molar-refractivity contribution in [3.05, 3.63) is 23.5 Å². The first-order chi connectivity index (χ1) is 7.58. The van der Waals surface area contributed by atoms with Gasteiger partial charge in [-0.3, -0.25) is 4.72 Å². The Kier molecular flexibility index (Phi) is 3.35. The zero-order valence-electron chi connectivity index (χ0n) is 8.69. The molecule has 0 aliphatic heterocycles. The Morgan fingerprint density at radius 1 is 1.38 bits per heavy atom. The molecular weight excluding hydrogens is 248 g/mol. The quantitative estimate of drug-likeness (QED) is 0.849. The second-order valence-electron chi connectivity index (χ2n) is 3.92. The fourth-order valence-corrected chi connectivity index (χ4v) is 3.66. The summed E-state index contributed by atoms with van der Waals surface area (Å²) in [6.45, 7) is 0. The maximum absolute atomic E-state index is 11.9. The van der Waals surface area contributed by atoms with Crippen molar-refractivity contribution in [2.24, 2.45) is 0 Å². The zero-order valence-corrected chi connectivity index (χ0v) is 10.3. The number of aromatic nitrogens is 1. The van der Waals surface area contributed by atoms with Gasteiger partial charge < -0.3 is 0 Å². The van der Waals surface area contributed by atoms with Crippen molar-refractivity contribution >= 4 is 27.3 Å². The van der Waals surface area contributed by atoms with Crippen LogP contribution in [-0.2, 0) is 10.0 Å². The van der Waals surface area contributed by atoms with Crippen LogP contribution in [0.5, 0.6) is 0 Å². The van der Waals surface area contributed by atoms with E-state index in [2.05, 4.69) is 9.71 Å². The predicted molar refractivity (Wildman–Crippen MR) is 64.0 cm³/mol. The van der Waals surface area contributed by atoms with Crippen molar-refractivity contribution in [2.45, 2.75) is 30.9 Å². The SMILES string of the molecule is O=S(=O)(Nc1ccnc(Cl)c1)C1CCCC1. The molecule has 0 radical (unpaired) electrons. The van der Waals surface area contributed by atoms with Gasteiger partial charge in [0, 0.05) is 6.20 Å². The van der Waals surface area contributed by atoms with Crippen molar-refractivity contribution in [1.82, 2.24) is 4.98 Å². The van der Waals surface area contributed by atoms with E-state index in [1.807, 2.05) is 0 Å². The largest absolute Gasteiger partial charge is 0.283 e. The van der Waals surface area contributed by atoms with Crippen LogP contribution in [0.15, 0.2) is 18.3 Å². The molecule has 0 spiro atoms. The highest BCUT2D eigenvalue weighted by Gasteiger charge is 2.28. The number of sulfonamides is 1. The summed E-state index contributed by atoms with van der Waals surface area (Å²) in [5.74, 6) is 0. The Labute approximate surface area is 100 Å². The monoisotopic (exact) mass is 260 g/mol. The van der Waals surface area contributed by atoms with Gasteiger partial charge >= 0.3 is 0 Å². The van der Waals surface area contributed by atoms with Crippen LogP contribution in [0.25, 0.3) is 0 Å². The van der Waals surface area contributed by atoms with E-state index in [1.165, 1.54) is 12.3 Å². The molecule has 1 aliphatic carbocycles. The second kappa shape index (κ2) is 4.59. The number of hydrogen-bond donors (Lipinski definition) is 1. The minimum atomic E-state index is -3.27. The molecule has 1 aromatic heterocycles. The summed E-state index contributed by atoms with van der Waals surface area (Å²) in [4.78, 5) is 3.80. The Morgan fingerprint density at radius 3 is 2.69 bits per heavy atom. The minimum Gasteiger partial charge on any atom is -0.283 e. The van der Waals surface area contributed by atoms with E-state index in [0.29, 0.717) is 5.69 Å². The lowest BCUT2D eigenvalue weighted by Gasteiger charge is -2.13. The smallest absolute Gasteiger partial charge is 0.235 e. The van der Waals surface area contributed by atoms with Crippen LogP contribution in [-0.4, -0.2) is 18.7 Å². The second-order valence-corrected chi connectivity index (χ2v) is 6.27. The van der Waals surface area contributed by atoms with Gasteiger partial charge in [-0.1, -0.05) is 24.4 Å². The molecule has 1 fully saturated rings. The number of halogens is 1. The summed E-state index contributed by atoms with van der Waals surface area (Å²) in [6, 6.07) is 3.10. The van der Waals surface area contributed by atoms with Crippen molar-refractivity contribution in [3.8, 4) is 0 Å². The molecule has 0 saturated heterocycles. The molecule has 1 aliphatic rings. The first-order valence-electron chi connectivity index (χ1n) is 5.21. The third kappa shape index (κ3) is 2.65. The molecule has 4 nitrogen and oxygen atoms in total. The van der Waals surface area contributed by atoms with Crippen molar-refractivity contribution < 1.29 is 8.42 Å². The number of rotatable bonds is 3. The fraction of sp³-hybridized carbons (Fsp3) is 0.500. The Balaban J connectivity index is 2.14. The van der Waals surface area contributed by atoms with Crippen molar-refractivity contribution in [1.29, 1.82) is 0 Å². The molecule has 1 N–H and O–H groups in total. The maximum atomic E-state index is 11.9. The highest BCUT2D eigenvalue weighted by molar-refractivity contribution is 7.93. The third-order valence-electron chi connectivity index (χ3n) is 2.73. The van der Waals surface area contributed by atoms with Gasteiger partial charge in [-0.15, -0.1) is 0 Å². The summed E-state index contributed by atoms with van der Waals surface area (Å²) in [5, 5.41) is 0.0195. The van der Waals surface area contributed by atoms with Gasteiger partial charge in [-0.25, -0.2) is 13.4 Å². The van der Waals surface area contributed by atoms with Gasteiger partial charge in [-0.05, 0) is 25.0 Å². The zero-order chi connectivity index (χ0) is 11.6. The third-order valence-corrected chi connectivity index (χ3v) is 4.80. The fourth-order valence-electron chi connectivity index (χ4n) is 1.91. The lowest BCUT2D eigenvalue weighted by Crippen LogP contribution is -2.25. The molecule has 1 heterocycles. The molecule has 1 aromatic rings. The van der Waals surface area contributed by atoms with Crippen LogP contribution in [0.1, 0.15) is 25.7 Å². The Morgan fingerprint density at radius 2 is 2.06 bits per heavy atom.